The molecule has 0 unspecified atom stereocenters. The van der Waals surface area contributed by atoms with Crippen molar-refractivity contribution in [3.8, 4) is 11.5 Å². The van der Waals surface area contributed by atoms with E-state index in [9.17, 15) is 14.4 Å². The van der Waals surface area contributed by atoms with Crippen LogP contribution in [0.1, 0.15) is 71.8 Å². The second-order valence-electron chi connectivity index (χ2n) is 9.44. The highest BCUT2D eigenvalue weighted by Gasteiger charge is 2.32. The van der Waals surface area contributed by atoms with Crippen LogP contribution in [-0.2, 0) is 27.2 Å². The Morgan fingerprint density at radius 1 is 1.15 bits per heavy atom. The van der Waals surface area contributed by atoms with E-state index in [-0.39, 0.29) is 24.6 Å². The van der Waals surface area contributed by atoms with Gasteiger partial charge in [0, 0.05) is 17.8 Å². The van der Waals surface area contributed by atoms with Gasteiger partial charge in [-0.15, -0.1) is 11.3 Å². The number of thiophene rings is 1. The van der Waals surface area contributed by atoms with E-state index in [0.29, 0.717) is 57.3 Å². The largest absolute Gasteiger partial charge is 0.462 e. The van der Waals surface area contributed by atoms with E-state index in [1.165, 1.54) is 28.0 Å². The van der Waals surface area contributed by atoms with Gasteiger partial charge in [-0.1, -0.05) is 36.5 Å². The quantitative estimate of drug-likeness (QED) is 0.158. The summed E-state index contributed by atoms with van der Waals surface area (Å²) >= 11 is 8.25. The minimum absolute atomic E-state index is 0.103. The molecule has 0 saturated carbocycles. The van der Waals surface area contributed by atoms with Crippen LogP contribution >= 0.6 is 35.3 Å². The molecule has 1 aliphatic carbocycles. The average molecular weight is 587 g/mol. The molecule has 11 heteroatoms. The summed E-state index contributed by atoms with van der Waals surface area (Å²) in [5.41, 5.74) is 2.42. The monoisotopic (exact) mass is 586 g/mol. The van der Waals surface area contributed by atoms with Gasteiger partial charge in [-0.05, 0) is 74.8 Å². The van der Waals surface area contributed by atoms with Gasteiger partial charge in [0.2, 0.25) is 12.7 Å². The maximum Gasteiger partial charge on any atom is 0.341 e. The Hall–Kier alpha value is -2.89. The summed E-state index contributed by atoms with van der Waals surface area (Å²) in [4.78, 5) is 41.6. The zero-order valence-electron chi connectivity index (χ0n) is 21.7. The van der Waals surface area contributed by atoms with Gasteiger partial charge in [0.1, 0.15) is 9.32 Å². The molecule has 3 heterocycles. The number of esters is 1. The molecule has 0 spiro atoms. The fraction of sp³-hybridized carbons (Fsp3) is 0.429. The van der Waals surface area contributed by atoms with Crippen LogP contribution in [0.3, 0.4) is 0 Å². The van der Waals surface area contributed by atoms with E-state index in [1.807, 2.05) is 24.3 Å². The first-order valence-corrected chi connectivity index (χ1v) is 15.2. The molecular weight excluding hydrogens is 557 g/mol. The van der Waals surface area contributed by atoms with Crippen LogP contribution in [0.5, 0.6) is 11.5 Å². The summed E-state index contributed by atoms with van der Waals surface area (Å²) in [5.74, 6) is 0.787. The molecule has 5 rings (SSSR count). The number of aryl methyl sites for hydroxylation is 1. The van der Waals surface area contributed by atoms with E-state index in [0.717, 1.165) is 49.7 Å². The van der Waals surface area contributed by atoms with E-state index in [2.05, 4.69) is 5.32 Å². The summed E-state index contributed by atoms with van der Waals surface area (Å²) in [6.45, 7) is 2.79. The number of hydrogen-bond acceptors (Lipinski definition) is 9. The standard InChI is InChI=1S/C28H30N2O6S3/c1-2-34-27(33)24-18-8-5-6-9-21(18)38-25(24)29-23(31)10-4-3-7-13-30-26(32)22(39-28(30)37)15-17-11-12-19-20(14-17)36-16-35-19/h11-12,14-15H,2-10,13,16H2,1H3,(H,29,31). The third-order valence-corrected chi connectivity index (χ3v) is 9.34. The number of unbranched alkanes of at least 4 members (excludes halogenated alkanes) is 2. The van der Waals surface area contributed by atoms with Crippen molar-refractivity contribution in [1.82, 2.24) is 4.90 Å². The van der Waals surface area contributed by atoms with Crippen LogP contribution in [0.4, 0.5) is 5.00 Å². The molecule has 39 heavy (non-hydrogen) atoms. The smallest absolute Gasteiger partial charge is 0.341 e. The van der Waals surface area contributed by atoms with Crippen LogP contribution in [0.2, 0.25) is 0 Å². The predicted octanol–water partition coefficient (Wildman–Crippen LogP) is 5.93. The number of rotatable bonds is 10. The summed E-state index contributed by atoms with van der Waals surface area (Å²) < 4.78 is 16.6. The first kappa shape index (κ1) is 27.7. The second kappa shape index (κ2) is 12.5. The fourth-order valence-corrected chi connectivity index (χ4v) is 7.44. The molecule has 2 aliphatic heterocycles. The number of nitrogens with zero attached hydrogens (tertiary/aromatic N) is 1. The van der Waals surface area contributed by atoms with Crippen molar-refractivity contribution < 1.29 is 28.6 Å². The first-order chi connectivity index (χ1) is 18.9. The lowest BCUT2D eigenvalue weighted by Crippen LogP contribution is -2.29. The van der Waals surface area contributed by atoms with Crippen molar-refractivity contribution in [2.45, 2.75) is 58.3 Å². The molecule has 0 atom stereocenters. The van der Waals surface area contributed by atoms with Crippen molar-refractivity contribution in [3.63, 3.8) is 0 Å². The molecule has 3 aliphatic rings. The number of carbonyl (C=O) groups is 3. The molecule has 0 bridgehead atoms. The molecule has 1 aromatic heterocycles. The summed E-state index contributed by atoms with van der Waals surface area (Å²) in [6, 6.07) is 5.56. The summed E-state index contributed by atoms with van der Waals surface area (Å²) in [5, 5.41) is 3.57. The average Bonchev–Trinajstić information content (AvgIpc) is 3.60. The highest BCUT2D eigenvalue weighted by molar-refractivity contribution is 8.26. The van der Waals surface area contributed by atoms with Crippen molar-refractivity contribution in [1.29, 1.82) is 0 Å². The molecule has 2 aromatic rings. The van der Waals surface area contributed by atoms with Gasteiger partial charge >= 0.3 is 5.97 Å². The number of fused-ring (bicyclic) bond motifs is 2. The molecule has 206 valence electrons. The van der Waals surface area contributed by atoms with Gasteiger partial charge in [-0.25, -0.2) is 4.79 Å². The van der Waals surface area contributed by atoms with E-state index < -0.39 is 0 Å². The van der Waals surface area contributed by atoms with E-state index in [1.54, 1.807) is 11.8 Å². The van der Waals surface area contributed by atoms with Gasteiger partial charge in [-0.2, -0.15) is 0 Å². The van der Waals surface area contributed by atoms with Gasteiger partial charge in [0.15, 0.2) is 11.5 Å². The van der Waals surface area contributed by atoms with Crippen LogP contribution in [0, 0.1) is 0 Å². The minimum atomic E-state index is -0.358. The molecule has 1 aromatic carbocycles. The van der Waals surface area contributed by atoms with Crippen LogP contribution in [-0.4, -0.2) is 46.9 Å². The molecule has 1 N–H and O–H groups in total. The third kappa shape index (κ3) is 6.31. The molecule has 0 radical (unpaired) electrons. The normalized spacial score (nSPS) is 17.1. The second-order valence-corrected chi connectivity index (χ2v) is 12.2. The lowest BCUT2D eigenvalue weighted by Gasteiger charge is -2.14. The van der Waals surface area contributed by atoms with Crippen molar-refractivity contribution in [3.05, 3.63) is 44.7 Å². The Morgan fingerprint density at radius 2 is 1.97 bits per heavy atom. The Balaban J connectivity index is 1.09. The SMILES string of the molecule is CCOC(=O)c1c(NC(=O)CCCCCN2C(=O)C(=Cc3ccc4c(c3)OCO4)SC2=S)sc2c1CCCC2. The van der Waals surface area contributed by atoms with Crippen molar-refractivity contribution in [2.75, 3.05) is 25.3 Å². The number of anilines is 1. The highest BCUT2D eigenvalue weighted by Crippen LogP contribution is 2.39. The third-order valence-electron chi connectivity index (χ3n) is 6.76. The predicted molar refractivity (Wildman–Crippen MR) is 156 cm³/mol. The van der Waals surface area contributed by atoms with E-state index >= 15 is 0 Å². The molecule has 1 fully saturated rings. The maximum absolute atomic E-state index is 12.9. The minimum Gasteiger partial charge on any atom is -0.462 e. The van der Waals surface area contributed by atoms with Gasteiger partial charge in [0.25, 0.3) is 5.91 Å². The highest BCUT2D eigenvalue weighted by atomic mass is 32.2. The van der Waals surface area contributed by atoms with Crippen molar-refractivity contribution >= 4 is 68.5 Å². The zero-order valence-corrected chi connectivity index (χ0v) is 24.2. The van der Waals surface area contributed by atoms with Crippen LogP contribution < -0.4 is 14.8 Å². The van der Waals surface area contributed by atoms with Crippen molar-refractivity contribution in [2.24, 2.45) is 0 Å². The lowest BCUT2D eigenvalue weighted by molar-refractivity contribution is -0.122. The molecular formula is C28H30N2O6S3. The Labute approximate surface area is 241 Å². The summed E-state index contributed by atoms with van der Waals surface area (Å²) in [6.07, 6.45) is 8.26. The number of thioether (sulfide) groups is 1. The Bertz CT molecular complexity index is 1330. The number of hydrogen-bond donors (Lipinski definition) is 1. The van der Waals surface area contributed by atoms with Gasteiger partial charge in [0.05, 0.1) is 17.1 Å². The van der Waals surface area contributed by atoms with Crippen LogP contribution in [0.25, 0.3) is 6.08 Å². The number of amides is 2. The topological polar surface area (TPSA) is 94.2 Å². The number of benzene rings is 1. The number of carbonyl (C=O) groups excluding carboxylic acids is 3. The fourth-order valence-electron chi connectivity index (χ4n) is 4.84. The van der Waals surface area contributed by atoms with Gasteiger partial charge < -0.3 is 19.5 Å². The molecule has 2 amide bonds. The zero-order chi connectivity index (χ0) is 27.4. The lowest BCUT2D eigenvalue weighted by atomic mass is 9.95. The number of thiocarbonyl (C=S) groups is 1. The first-order valence-electron chi connectivity index (χ1n) is 13.2. The number of ether oxygens (including phenoxy) is 3. The molecule has 1 saturated heterocycles. The van der Waals surface area contributed by atoms with E-state index in [4.69, 9.17) is 26.4 Å². The summed E-state index contributed by atoms with van der Waals surface area (Å²) in [7, 11) is 0. The maximum atomic E-state index is 12.9. The van der Waals surface area contributed by atoms with Gasteiger partial charge in [-0.3, -0.25) is 14.5 Å². The van der Waals surface area contributed by atoms with Crippen LogP contribution in [0.15, 0.2) is 23.1 Å². The Morgan fingerprint density at radius 3 is 2.82 bits per heavy atom. The molecule has 8 nitrogen and oxygen atoms in total. The Kier molecular flexibility index (Phi) is 8.89. The number of nitrogens with one attached hydrogen (secondary N) is 1.